The summed E-state index contributed by atoms with van der Waals surface area (Å²) in [6, 6.07) is 0.100. The summed E-state index contributed by atoms with van der Waals surface area (Å²) in [4.78, 5) is 10.8. The molecule has 0 aromatic carbocycles. The van der Waals surface area contributed by atoms with Gasteiger partial charge in [0, 0.05) is 17.2 Å². The van der Waals surface area contributed by atoms with Gasteiger partial charge in [-0.1, -0.05) is 18.7 Å². The van der Waals surface area contributed by atoms with Gasteiger partial charge >= 0.3 is 5.69 Å². The van der Waals surface area contributed by atoms with Crippen molar-refractivity contribution < 1.29 is 4.92 Å². The molecule has 0 spiro atoms. The first kappa shape index (κ1) is 15.3. The Morgan fingerprint density at radius 3 is 2.56 bits per heavy atom. The number of thioether (sulfide) groups is 1. The van der Waals surface area contributed by atoms with Gasteiger partial charge in [-0.2, -0.15) is 5.10 Å². The molecule has 0 amide bonds. The molecule has 1 heterocycles. The van der Waals surface area contributed by atoms with Crippen molar-refractivity contribution in [3.8, 4) is 0 Å². The van der Waals surface area contributed by atoms with Crippen LogP contribution >= 0.6 is 23.4 Å². The third-order valence-corrected chi connectivity index (χ3v) is 3.97. The zero-order chi connectivity index (χ0) is 13.9. The lowest BCUT2D eigenvalue weighted by molar-refractivity contribution is -0.388. The van der Waals surface area contributed by atoms with Crippen LogP contribution in [0.25, 0.3) is 0 Å². The fraction of sp³-hybridized carbons (Fsp3) is 0.727. The van der Waals surface area contributed by atoms with Gasteiger partial charge < -0.3 is 0 Å². The fourth-order valence-electron chi connectivity index (χ4n) is 1.59. The highest BCUT2D eigenvalue weighted by atomic mass is 35.5. The topological polar surface area (TPSA) is 61.0 Å². The Bertz CT molecular complexity index is 434. The zero-order valence-corrected chi connectivity index (χ0v) is 12.6. The van der Waals surface area contributed by atoms with Gasteiger partial charge in [0.2, 0.25) is 0 Å². The van der Waals surface area contributed by atoms with Gasteiger partial charge in [-0.25, -0.2) is 4.68 Å². The third kappa shape index (κ3) is 3.38. The molecule has 0 saturated carbocycles. The van der Waals surface area contributed by atoms with E-state index in [1.54, 1.807) is 11.6 Å². The van der Waals surface area contributed by atoms with Crippen LogP contribution in [0.15, 0.2) is 5.03 Å². The summed E-state index contributed by atoms with van der Waals surface area (Å²) in [5, 5.41) is 16.3. The molecule has 0 N–H and O–H groups in total. The highest BCUT2D eigenvalue weighted by Gasteiger charge is 2.27. The first-order valence-corrected chi connectivity index (χ1v) is 7.26. The van der Waals surface area contributed by atoms with Crippen molar-refractivity contribution in [1.82, 2.24) is 9.78 Å². The summed E-state index contributed by atoms with van der Waals surface area (Å²) in [5.41, 5.74) is 0.587. The quantitative estimate of drug-likeness (QED) is 0.346. The summed E-state index contributed by atoms with van der Waals surface area (Å²) in [6.45, 7) is 7.62. The van der Waals surface area contributed by atoms with Gasteiger partial charge in [-0.05, 0) is 27.2 Å². The molecule has 0 bridgehead atoms. The summed E-state index contributed by atoms with van der Waals surface area (Å²) in [7, 11) is 0. The number of aromatic nitrogens is 2. The molecule has 0 aliphatic rings. The van der Waals surface area contributed by atoms with Crippen LogP contribution in [-0.2, 0) is 0 Å². The number of rotatable bonds is 6. The van der Waals surface area contributed by atoms with E-state index in [-0.39, 0.29) is 21.9 Å². The Labute approximate surface area is 116 Å². The van der Waals surface area contributed by atoms with Gasteiger partial charge in [-0.3, -0.25) is 10.1 Å². The lowest BCUT2D eigenvalue weighted by Gasteiger charge is -2.13. The Morgan fingerprint density at radius 1 is 1.50 bits per heavy atom. The van der Waals surface area contributed by atoms with Crippen molar-refractivity contribution in [3.05, 3.63) is 15.8 Å². The van der Waals surface area contributed by atoms with E-state index >= 15 is 0 Å². The second kappa shape index (κ2) is 6.43. The minimum absolute atomic E-state index is 0.100. The predicted molar refractivity (Wildman–Crippen MR) is 74.7 cm³/mol. The van der Waals surface area contributed by atoms with Gasteiger partial charge in [-0.15, -0.1) is 11.6 Å². The van der Waals surface area contributed by atoms with Crippen molar-refractivity contribution in [2.45, 2.75) is 50.4 Å². The number of aryl methyl sites for hydroxylation is 1. The van der Waals surface area contributed by atoms with Gasteiger partial charge in [0.25, 0.3) is 0 Å². The maximum Gasteiger partial charge on any atom is 0.323 e. The van der Waals surface area contributed by atoms with Crippen LogP contribution in [0.4, 0.5) is 5.69 Å². The van der Waals surface area contributed by atoms with Crippen LogP contribution in [-0.4, -0.2) is 25.8 Å². The van der Waals surface area contributed by atoms with Crippen LogP contribution < -0.4 is 0 Å². The SMILES string of the molecule is Cc1nn(C(C)C)c(SC(C)CCCl)c1[N+](=O)[O-]. The van der Waals surface area contributed by atoms with E-state index in [9.17, 15) is 10.1 Å². The smallest absolute Gasteiger partial charge is 0.258 e. The van der Waals surface area contributed by atoms with E-state index in [1.165, 1.54) is 11.8 Å². The average Bonchev–Trinajstić information content (AvgIpc) is 2.55. The van der Waals surface area contributed by atoms with Crippen LogP contribution in [0.1, 0.15) is 38.9 Å². The summed E-state index contributed by atoms with van der Waals surface area (Å²) >= 11 is 7.18. The zero-order valence-electron chi connectivity index (χ0n) is 11.0. The lowest BCUT2D eigenvalue weighted by atomic mass is 10.4. The van der Waals surface area contributed by atoms with E-state index < -0.39 is 0 Å². The van der Waals surface area contributed by atoms with E-state index in [0.717, 1.165) is 6.42 Å². The van der Waals surface area contributed by atoms with Crippen molar-refractivity contribution in [1.29, 1.82) is 0 Å². The molecule has 0 aliphatic carbocycles. The molecule has 1 aromatic heterocycles. The lowest BCUT2D eigenvalue weighted by Crippen LogP contribution is -2.07. The molecule has 0 aliphatic heterocycles. The Hall–Kier alpha value is -0.750. The molecule has 1 unspecified atom stereocenters. The summed E-state index contributed by atoms with van der Waals surface area (Å²) in [6.07, 6.45) is 0.811. The molecule has 1 rings (SSSR count). The molecule has 1 aromatic rings. The van der Waals surface area contributed by atoms with Crippen molar-refractivity contribution in [2.75, 3.05) is 5.88 Å². The molecule has 0 saturated heterocycles. The van der Waals surface area contributed by atoms with Gasteiger partial charge in [0.1, 0.15) is 5.69 Å². The molecule has 1 atom stereocenters. The highest BCUT2D eigenvalue weighted by molar-refractivity contribution is 8.00. The van der Waals surface area contributed by atoms with Crippen molar-refractivity contribution in [3.63, 3.8) is 0 Å². The number of halogens is 1. The van der Waals surface area contributed by atoms with Crippen LogP contribution in [0.3, 0.4) is 0 Å². The van der Waals surface area contributed by atoms with Crippen molar-refractivity contribution in [2.24, 2.45) is 0 Å². The number of nitrogens with zero attached hydrogens (tertiary/aromatic N) is 3. The number of hydrogen-bond donors (Lipinski definition) is 0. The largest absolute Gasteiger partial charge is 0.323 e. The average molecular weight is 292 g/mol. The number of alkyl halides is 1. The minimum Gasteiger partial charge on any atom is -0.258 e. The fourth-order valence-corrected chi connectivity index (χ4v) is 3.36. The van der Waals surface area contributed by atoms with E-state index in [4.69, 9.17) is 11.6 Å². The first-order chi connectivity index (χ1) is 8.38. The number of hydrogen-bond acceptors (Lipinski definition) is 4. The highest BCUT2D eigenvalue weighted by Crippen LogP contribution is 2.37. The molecular weight excluding hydrogens is 274 g/mol. The van der Waals surface area contributed by atoms with E-state index in [0.29, 0.717) is 16.6 Å². The Kier molecular flexibility index (Phi) is 5.47. The summed E-state index contributed by atoms with van der Waals surface area (Å²) in [5.74, 6) is 0.552. The number of nitro groups is 1. The van der Waals surface area contributed by atoms with Crippen molar-refractivity contribution >= 4 is 29.1 Å². The first-order valence-electron chi connectivity index (χ1n) is 5.84. The second-order valence-electron chi connectivity index (χ2n) is 4.44. The van der Waals surface area contributed by atoms with E-state index in [2.05, 4.69) is 5.10 Å². The minimum atomic E-state index is -0.350. The van der Waals surface area contributed by atoms with Crippen LogP contribution in [0.5, 0.6) is 0 Å². The maximum absolute atomic E-state index is 11.1. The Balaban J connectivity index is 3.15. The second-order valence-corrected chi connectivity index (χ2v) is 6.25. The summed E-state index contributed by atoms with van der Waals surface area (Å²) < 4.78 is 1.73. The maximum atomic E-state index is 11.1. The standard InChI is InChI=1S/C11H18ClN3O2S/c1-7(2)14-11(18-8(3)5-6-12)10(15(16)17)9(4)13-14/h7-8H,5-6H2,1-4H3. The molecule has 5 nitrogen and oxygen atoms in total. The molecular formula is C11H18ClN3O2S. The predicted octanol–water partition coefficient (Wildman–Crippen LogP) is 3.79. The Morgan fingerprint density at radius 2 is 2.11 bits per heavy atom. The third-order valence-electron chi connectivity index (χ3n) is 2.51. The van der Waals surface area contributed by atoms with Gasteiger partial charge in [0.15, 0.2) is 5.03 Å². The monoisotopic (exact) mass is 291 g/mol. The molecule has 18 heavy (non-hydrogen) atoms. The molecule has 0 radical (unpaired) electrons. The normalized spacial score (nSPS) is 13.0. The van der Waals surface area contributed by atoms with Gasteiger partial charge in [0.05, 0.1) is 4.92 Å². The van der Waals surface area contributed by atoms with E-state index in [1.807, 2.05) is 20.8 Å². The van der Waals surface area contributed by atoms with Crippen LogP contribution in [0, 0.1) is 17.0 Å². The van der Waals surface area contributed by atoms with Crippen LogP contribution in [0.2, 0.25) is 0 Å². The molecule has 102 valence electrons. The molecule has 0 fully saturated rings. The molecule has 7 heteroatoms.